The molecule has 0 aliphatic carbocycles. The number of rotatable bonds is 3. The molecule has 1 saturated heterocycles. The van der Waals surface area contributed by atoms with Crippen molar-refractivity contribution < 1.29 is 19.0 Å². The van der Waals surface area contributed by atoms with Crippen molar-refractivity contribution in [2.45, 2.75) is 38.0 Å². The van der Waals surface area contributed by atoms with Gasteiger partial charge in [-0.05, 0) is 55.0 Å². The molecule has 0 radical (unpaired) electrons. The van der Waals surface area contributed by atoms with Crippen LogP contribution in [0.1, 0.15) is 43.4 Å². The smallest absolute Gasteiger partial charge is 0.409 e. The molecule has 3 heterocycles. The number of hydrogen-bond donors (Lipinski definition) is 0. The number of benzene rings is 2. The van der Waals surface area contributed by atoms with Gasteiger partial charge in [0.1, 0.15) is 11.5 Å². The SMILES string of the molecule is CCOC(=O)N1CCC2(CC1)Oc1ccc(Cl)cc1[C@@H]1CC(c3ccc(OC)cc3)=NN12. The van der Waals surface area contributed by atoms with E-state index in [0.717, 1.165) is 34.8 Å². The molecule has 0 N–H and O–H groups in total. The number of methoxy groups -OCH3 is 1. The van der Waals surface area contributed by atoms with Crippen molar-refractivity contribution in [2.75, 3.05) is 26.8 Å². The minimum Gasteiger partial charge on any atom is -0.497 e. The fourth-order valence-electron chi connectivity index (χ4n) is 4.79. The third-order valence-corrected chi connectivity index (χ3v) is 6.69. The summed E-state index contributed by atoms with van der Waals surface area (Å²) in [5.74, 6) is 1.65. The van der Waals surface area contributed by atoms with Gasteiger partial charge < -0.3 is 19.1 Å². The van der Waals surface area contributed by atoms with Gasteiger partial charge in [-0.1, -0.05) is 11.6 Å². The molecule has 3 aliphatic rings. The monoisotopic (exact) mass is 455 g/mol. The number of ether oxygens (including phenoxy) is 3. The molecule has 1 fully saturated rings. The van der Waals surface area contributed by atoms with Crippen LogP contribution in [-0.4, -0.2) is 54.2 Å². The number of carbonyl (C=O) groups excluding carboxylic acids is 1. The van der Waals surface area contributed by atoms with Crippen molar-refractivity contribution in [1.82, 2.24) is 9.91 Å². The van der Waals surface area contributed by atoms with Gasteiger partial charge in [0.25, 0.3) is 0 Å². The fraction of sp³-hybridized carbons (Fsp3) is 0.417. The van der Waals surface area contributed by atoms with Crippen molar-refractivity contribution in [3.63, 3.8) is 0 Å². The van der Waals surface area contributed by atoms with Crippen molar-refractivity contribution in [2.24, 2.45) is 5.10 Å². The maximum atomic E-state index is 12.2. The molecule has 5 rings (SSSR count). The normalized spacial score (nSPS) is 20.8. The van der Waals surface area contributed by atoms with Gasteiger partial charge in [0, 0.05) is 42.9 Å². The number of likely N-dealkylation sites (tertiary alicyclic amines) is 1. The maximum absolute atomic E-state index is 12.2. The van der Waals surface area contributed by atoms with Gasteiger partial charge in [0.2, 0.25) is 5.72 Å². The second-order valence-corrected chi connectivity index (χ2v) is 8.69. The number of fused-ring (bicyclic) bond motifs is 4. The van der Waals surface area contributed by atoms with Crippen LogP contribution in [0.3, 0.4) is 0 Å². The van der Waals surface area contributed by atoms with Gasteiger partial charge in [0.15, 0.2) is 0 Å². The first kappa shape index (κ1) is 20.9. The quantitative estimate of drug-likeness (QED) is 0.662. The van der Waals surface area contributed by atoms with E-state index < -0.39 is 5.72 Å². The second kappa shape index (κ2) is 8.20. The van der Waals surface area contributed by atoms with E-state index >= 15 is 0 Å². The van der Waals surface area contributed by atoms with Crippen molar-refractivity contribution in [1.29, 1.82) is 0 Å². The lowest BCUT2D eigenvalue weighted by molar-refractivity contribution is -0.147. The Hall–Kier alpha value is -2.93. The van der Waals surface area contributed by atoms with Gasteiger partial charge in [-0.2, -0.15) is 5.10 Å². The summed E-state index contributed by atoms with van der Waals surface area (Å²) in [7, 11) is 1.66. The molecule has 3 aliphatic heterocycles. The van der Waals surface area contributed by atoms with Crippen molar-refractivity contribution in [3.05, 3.63) is 58.6 Å². The molecule has 1 amide bonds. The average molecular weight is 456 g/mol. The summed E-state index contributed by atoms with van der Waals surface area (Å²) < 4.78 is 17.1. The standard InChI is InChI=1S/C24H26ClN3O4/c1-3-31-23(29)27-12-10-24(11-13-27)28-21(19-14-17(25)6-9-22(19)32-24)15-20(26-28)16-4-7-18(30-2)8-5-16/h4-9,14,21H,3,10-13,15H2,1-2H3/t21-/m0/s1. The Balaban J connectivity index is 1.48. The van der Waals surface area contributed by atoms with Crippen LogP contribution in [-0.2, 0) is 4.74 Å². The zero-order valence-corrected chi connectivity index (χ0v) is 19.0. The zero-order valence-electron chi connectivity index (χ0n) is 18.2. The number of amides is 1. The molecule has 2 aromatic carbocycles. The predicted molar refractivity (Wildman–Crippen MR) is 121 cm³/mol. The molecular formula is C24H26ClN3O4. The van der Waals surface area contributed by atoms with Gasteiger partial charge in [-0.15, -0.1) is 0 Å². The Bertz CT molecular complexity index is 1050. The first-order chi connectivity index (χ1) is 15.5. The van der Waals surface area contributed by atoms with E-state index in [4.69, 9.17) is 30.9 Å². The summed E-state index contributed by atoms with van der Waals surface area (Å²) in [5, 5.41) is 7.84. The van der Waals surface area contributed by atoms with Crippen LogP contribution in [0.4, 0.5) is 4.79 Å². The van der Waals surface area contributed by atoms with E-state index in [1.807, 2.05) is 49.4 Å². The van der Waals surface area contributed by atoms with E-state index in [-0.39, 0.29) is 12.1 Å². The summed E-state index contributed by atoms with van der Waals surface area (Å²) in [6.45, 7) is 3.30. The fourth-order valence-corrected chi connectivity index (χ4v) is 4.98. The maximum Gasteiger partial charge on any atom is 0.409 e. The molecule has 168 valence electrons. The third kappa shape index (κ3) is 3.54. The Morgan fingerprint density at radius 2 is 1.97 bits per heavy atom. The molecule has 7 nitrogen and oxygen atoms in total. The Kier molecular flexibility index (Phi) is 5.37. The van der Waals surface area contributed by atoms with Gasteiger partial charge in [-0.25, -0.2) is 9.80 Å². The molecule has 1 atom stereocenters. The topological polar surface area (TPSA) is 63.6 Å². The summed E-state index contributed by atoms with van der Waals surface area (Å²) in [6, 6.07) is 13.8. The molecule has 0 aromatic heterocycles. The first-order valence-electron chi connectivity index (χ1n) is 10.9. The number of piperidine rings is 1. The highest BCUT2D eigenvalue weighted by molar-refractivity contribution is 6.30. The van der Waals surface area contributed by atoms with Crippen LogP contribution < -0.4 is 9.47 Å². The lowest BCUT2D eigenvalue weighted by atomic mass is 9.91. The van der Waals surface area contributed by atoms with Gasteiger partial charge in [-0.3, -0.25) is 0 Å². The zero-order chi connectivity index (χ0) is 22.3. The predicted octanol–water partition coefficient (Wildman–Crippen LogP) is 4.84. The van der Waals surface area contributed by atoms with Crippen LogP contribution in [0.5, 0.6) is 11.5 Å². The Labute approximate surface area is 192 Å². The number of halogens is 1. The summed E-state index contributed by atoms with van der Waals surface area (Å²) in [5.41, 5.74) is 2.50. The molecule has 1 spiro atoms. The van der Waals surface area contributed by atoms with Crippen LogP contribution in [0.15, 0.2) is 47.6 Å². The third-order valence-electron chi connectivity index (χ3n) is 6.45. The van der Waals surface area contributed by atoms with E-state index in [1.54, 1.807) is 12.0 Å². The minimum absolute atomic E-state index is 0.0312. The highest BCUT2D eigenvalue weighted by atomic mass is 35.5. The number of hydrogen-bond acceptors (Lipinski definition) is 6. The molecule has 32 heavy (non-hydrogen) atoms. The van der Waals surface area contributed by atoms with Gasteiger partial charge in [0.05, 0.1) is 25.5 Å². The summed E-state index contributed by atoms with van der Waals surface area (Å²) >= 11 is 6.33. The lowest BCUT2D eigenvalue weighted by Crippen LogP contribution is -2.59. The number of nitrogens with zero attached hydrogens (tertiary/aromatic N) is 3. The largest absolute Gasteiger partial charge is 0.497 e. The van der Waals surface area contributed by atoms with Gasteiger partial charge >= 0.3 is 6.09 Å². The average Bonchev–Trinajstić information content (AvgIpc) is 3.27. The number of hydrazone groups is 1. The lowest BCUT2D eigenvalue weighted by Gasteiger charge is -2.51. The molecule has 2 aromatic rings. The van der Waals surface area contributed by atoms with Crippen LogP contribution in [0.2, 0.25) is 5.02 Å². The van der Waals surface area contributed by atoms with E-state index in [0.29, 0.717) is 37.6 Å². The molecule has 8 heteroatoms. The van der Waals surface area contributed by atoms with Crippen molar-refractivity contribution >= 4 is 23.4 Å². The summed E-state index contributed by atoms with van der Waals surface area (Å²) in [4.78, 5) is 14.0. The number of carbonyl (C=O) groups is 1. The van der Waals surface area contributed by atoms with Crippen molar-refractivity contribution in [3.8, 4) is 11.5 Å². The van der Waals surface area contributed by atoms with Crippen LogP contribution >= 0.6 is 11.6 Å². The molecule has 0 unspecified atom stereocenters. The molecule has 0 bridgehead atoms. The highest BCUT2D eigenvalue weighted by Crippen LogP contribution is 2.50. The Morgan fingerprint density at radius 1 is 1.22 bits per heavy atom. The summed E-state index contributed by atoms with van der Waals surface area (Å²) in [6.07, 6.45) is 1.77. The van der Waals surface area contributed by atoms with E-state index in [1.165, 1.54) is 0 Å². The van der Waals surface area contributed by atoms with E-state index in [2.05, 4.69) is 5.01 Å². The Morgan fingerprint density at radius 3 is 2.66 bits per heavy atom. The molecule has 0 saturated carbocycles. The second-order valence-electron chi connectivity index (χ2n) is 8.26. The highest BCUT2D eigenvalue weighted by Gasteiger charge is 2.52. The van der Waals surface area contributed by atoms with Crippen LogP contribution in [0, 0.1) is 0 Å². The van der Waals surface area contributed by atoms with Crippen LogP contribution in [0.25, 0.3) is 0 Å². The minimum atomic E-state index is -0.608. The first-order valence-corrected chi connectivity index (χ1v) is 11.3. The van der Waals surface area contributed by atoms with E-state index in [9.17, 15) is 4.79 Å². The molecular weight excluding hydrogens is 430 g/mol.